The minimum Gasteiger partial charge on any atom is -0.481 e. The molecule has 1 fully saturated rings. The lowest BCUT2D eigenvalue weighted by Gasteiger charge is -2.28. The van der Waals surface area contributed by atoms with Crippen LogP contribution in [0.15, 0.2) is 24.3 Å². The van der Waals surface area contributed by atoms with Gasteiger partial charge in [-0.1, -0.05) is 24.3 Å². The molecule has 7 heteroatoms. The zero-order chi connectivity index (χ0) is 23.4. The maximum atomic E-state index is 13.1. The van der Waals surface area contributed by atoms with Gasteiger partial charge in [0.25, 0.3) is 0 Å². The quantitative estimate of drug-likeness (QED) is 0.680. The fourth-order valence-electron chi connectivity index (χ4n) is 3.72. The number of amides is 1. The minimum absolute atomic E-state index is 0.0644. The largest absolute Gasteiger partial charge is 0.481 e. The maximum absolute atomic E-state index is 13.1. The number of carboxylic acid groups (broad SMARTS) is 1. The molecular weight excluding hydrogens is 398 g/mol. The molecule has 0 aliphatic carbocycles. The van der Waals surface area contributed by atoms with E-state index in [2.05, 4.69) is 0 Å². The topological polar surface area (TPSA) is 93.1 Å². The van der Waals surface area contributed by atoms with E-state index in [1.54, 1.807) is 17.0 Å². The number of hydrogen-bond donors (Lipinski definition) is 1. The summed E-state index contributed by atoms with van der Waals surface area (Å²) in [5, 5.41) is 9.07. The van der Waals surface area contributed by atoms with Crippen LogP contribution in [0.25, 0.3) is 0 Å². The molecule has 1 heterocycles. The van der Waals surface area contributed by atoms with Gasteiger partial charge in [0, 0.05) is 13.1 Å². The van der Waals surface area contributed by atoms with E-state index >= 15 is 0 Å². The Morgan fingerprint density at radius 2 is 1.68 bits per heavy atom. The maximum Gasteiger partial charge on any atom is 0.410 e. The van der Waals surface area contributed by atoms with Crippen LogP contribution in [0.3, 0.4) is 0 Å². The molecule has 172 valence electrons. The molecule has 0 bridgehead atoms. The Kier molecular flexibility index (Phi) is 7.73. The molecule has 0 unspecified atom stereocenters. The molecule has 1 saturated heterocycles. The van der Waals surface area contributed by atoms with Gasteiger partial charge in [0.05, 0.1) is 12.3 Å². The first-order valence-electron chi connectivity index (χ1n) is 10.7. The number of likely N-dealkylation sites (tertiary alicyclic amines) is 1. The summed E-state index contributed by atoms with van der Waals surface area (Å²) in [4.78, 5) is 38.2. The number of hydrogen-bond acceptors (Lipinski definition) is 5. The highest BCUT2D eigenvalue weighted by molar-refractivity contribution is 5.74. The number of nitrogens with zero attached hydrogens (tertiary/aromatic N) is 1. The predicted molar refractivity (Wildman–Crippen MR) is 117 cm³/mol. The van der Waals surface area contributed by atoms with Crippen molar-refractivity contribution in [2.24, 2.45) is 11.8 Å². The SMILES string of the molecule is CC(C)(C)OC(=O)[C@@H](Cc1cccc(CC(=O)O)c1)[C@H]1CCN(C(=O)OC(C)(C)C)C1. The average Bonchev–Trinajstić information content (AvgIpc) is 3.06. The first-order valence-corrected chi connectivity index (χ1v) is 10.7. The van der Waals surface area contributed by atoms with Crippen LogP contribution in [0.4, 0.5) is 4.79 Å². The monoisotopic (exact) mass is 433 g/mol. The molecule has 0 saturated carbocycles. The van der Waals surface area contributed by atoms with Gasteiger partial charge in [0.2, 0.25) is 0 Å². The van der Waals surface area contributed by atoms with Crippen molar-refractivity contribution in [2.45, 2.75) is 72.0 Å². The smallest absolute Gasteiger partial charge is 0.410 e. The van der Waals surface area contributed by atoms with E-state index in [1.807, 2.05) is 53.7 Å². The number of ether oxygens (including phenoxy) is 2. The minimum atomic E-state index is -0.898. The van der Waals surface area contributed by atoms with Gasteiger partial charge in [0.1, 0.15) is 11.2 Å². The summed E-state index contributed by atoms with van der Waals surface area (Å²) >= 11 is 0. The van der Waals surface area contributed by atoms with Gasteiger partial charge < -0.3 is 19.5 Å². The number of rotatable bonds is 6. The first-order chi connectivity index (χ1) is 14.2. The van der Waals surface area contributed by atoms with Crippen molar-refractivity contribution in [1.82, 2.24) is 4.90 Å². The Hall–Kier alpha value is -2.57. The molecule has 31 heavy (non-hydrogen) atoms. The molecule has 1 N–H and O–H groups in total. The molecule has 1 aliphatic heterocycles. The number of esters is 1. The van der Waals surface area contributed by atoms with Gasteiger partial charge in [-0.3, -0.25) is 9.59 Å². The van der Waals surface area contributed by atoms with E-state index in [0.717, 1.165) is 5.56 Å². The van der Waals surface area contributed by atoms with E-state index in [1.165, 1.54) is 0 Å². The summed E-state index contributed by atoms with van der Waals surface area (Å²) in [6.07, 6.45) is 0.662. The van der Waals surface area contributed by atoms with Crippen molar-refractivity contribution >= 4 is 18.0 Å². The fraction of sp³-hybridized carbons (Fsp3) is 0.625. The Morgan fingerprint density at radius 1 is 1.06 bits per heavy atom. The second-order valence-corrected chi connectivity index (χ2v) is 10.2. The molecule has 1 aliphatic rings. The van der Waals surface area contributed by atoms with Crippen molar-refractivity contribution < 1.29 is 29.0 Å². The van der Waals surface area contributed by atoms with E-state index in [0.29, 0.717) is 31.5 Å². The van der Waals surface area contributed by atoms with Gasteiger partial charge in [0.15, 0.2) is 0 Å². The van der Waals surface area contributed by atoms with E-state index in [4.69, 9.17) is 14.6 Å². The molecule has 1 amide bonds. The fourth-order valence-corrected chi connectivity index (χ4v) is 3.72. The lowest BCUT2D eigenvalue weighted by atomic mass is 9.85. The summed E-state index contributed by atoms with van der Waals surface area (Å²) in [6.45, 7) is 11.9. The lowest BCUT2D eigenvalue weighted by molar-refractivity contribution is -0.162. The van der Waals surface area contributed by atoms with E-state index < -0.39 is 23.1 Å². The number of aliphatic carboxylic acids is 1. The summed E-state index contributed by atoms with van der Waals surface area (Å²) in [5.74, 6) is -1.70. The molecule has 0 aromatic heterocycles. The predicted octanol–water partition coefficient (Wildman–Crippen LogP) is 4.07. The zero-order valence-corrected chi connectivity index (χ0v) is 19.4. The van der Waals surface area contributed by atoms with Crippen molar-refractivity contribution in [3.63, 3.8) is 0 Å². The molecular formula is C24H35NO6. The summed E-state index contributed by atoms with van der Waals surface area (Å²) in [5.41, 5.74) is 0.369. The van der Waals surface area contributed by atoms with Gasteiger partial charge in [-0.25, -0.2) is 4.79 Å². The highest BCUT2D eigenvalue weighted by Crippen LogP contribution is 2.30. The second kappa shape index (κ2) is 9.71. The zero-order valence-electron chi connectivity index (χ0n) is 19.4. The third kappa shape index (κ3) is 8.23. The van der Waals surface area contributed by atoms with Crippen LogP contribution in [0, 0.1) is 11.8 Å². The van der Waals surface area contributed by atoms with Crippen LogP contribution < -0.4 is 0 Å². The summed E-state index contributed by atoms with van der Waals surface area (Å²) < 4.78 is 11.2. The van der Waals surface area contributed by atoms with E-state index in [-0.39, 0.29) is 24.4 Å². The van der Waals surface area contributed by atoms with Crippen molar-refractivity contribution in [3.8, 4) is 0 Å². The number of carbonyl (C=O) groups is 3. The third-order valence-electron chi connectivity index (χ3n) is 4.96. The van der Waals surface area contributed by atoms with Crippen LogP contribution in [0.2, 0.25) is 0 Å². The van der Waals surface area contributed by atoms with Crippen molar-refractivity contribution in [1.29, 1.82) is 0 Å². The molecule has 1 aromatic rings. The van der Waals surface area contributed by atoms with Crippen LogP contribution in [-0.2, 0) is 31.9 Å². The Morgan fingerprint density at radius 3 is 2.26 bits per heavy atom. The summed E-state index contributed by atoms with van der Waals surface area (Å²) in [6, 6.07) is 7.29. The molecule has 0 spiro atoms. The van der Waals surface area contributed by atoms with Gasteiger partial charge >= 0.3 is 18.0 Å². The molecule has 2 rings (SSSR count). The van der Waals surface area contributed by atoms with Crippen LogP contribution in [0.5, 0.6) is 0 Å². The van der Waals surface area contributed by atoms with Gasteiger partial charge in [-0.05, 0) is 71.4 Å². The second-order valence-electron chi connectivity index (χ2n) is 10.2. The number of benzene rings is 1. The van der Waals surface area contributed by atoms with Gasteiger partial charge in [-0.15, -0.1) is 0 Å². The standard InChI is InChI=1S/C24H35NO6/c1-23(2,3)30-21(28)19(13-16-8-7-9-17(12-16)14-20(26)27)18-10-11-25(15-18)22(29)31-24(4,5)6/h7-9,12,18-19H,10-11,13-15H2,1-6H3,(H,26,27)/t18-,19-/m0/s1. The van der Waals surface area contributed by atoms with E-state index in [9.17, 15) is 14.4 Å². The van der Waals surface area contributed by atoms with Crippen molar-refractivity contribution in [3.05, 3.63) is 35.4 Å². The molecule has 1 aromatic carbocycles. The first kappa shape index (κ1) is 24.7. The Balaban J connectivity index is 2.19. The van der Waals surface area contributed by atoms with Gasteiger partial charge in [-0.2, -0.15) is 0 Å². The molecule has 2 atom stereocenters. The van der Waals surface area contributed by atoms with Crippen molar-refractivity contribution in [2.75, 3.05) is 13.1 Å². The average molecular weight is 434 g/mol. The van der Waals surface area contributed by atoms with Crippen LogP contribution >= 0.6 is 0 Å². The Labute approximate surface area is 184 Å². The normalized spacial score (nSPS) is 17.9. The highest BCUT2D eigenvalue weighted by Gasteiger charge is 2.39. The highest BCUT2D eigenvalue weighted by atomic mass is 16.6. The van der Waals surface area contributed by atoms with Crippen LogP contribution in [0.1, 0.15) is 59.1 Å². The molecule has 7 nitrogen and oxygen atoms in total. The Bertz CT molecular complexity index is 805. The summed E-state index contributed by atoms with van der Waals surface area (Å²) in [7, 11) is 0. The number of carbonyl (C=O) groups excluding carboxylic acids is 2. The number of carboxylic acids is 1. The molecule has 0 radical (unpaired) electrons. The van der Waals surface area contributed by atoms with Crippen LogP contribution in [-0.4, -0.2) is 52.3 Å². The lowest BCUT2D eigenvalue weighted by Crippen LogP contribution is -2.38. The third-order valence-corrected chi connectivity index (χ3v) is 4.96.